The van der Waals surface area contributed by atoms with Gasteiger partial charge in [-0.15, -0.1) is 0 Å². The van der Waals surface area contributed by atoms with E-state index < -0.39 is 11.9 Å². The van der Waals surface area contributed by atoms with Crippen molar-refractivity contribution in [3.8, 4) is 11.5 Å². The van der Waals surface area contributed by atoms with E-state index in [1.54, 1.807) is 0 Å². The number of allylic oxidation sites excluding steroid dienone is 2. The van der Waals surface area contributed by atoms with E-state index in [1.165, 1.54) is 7.11 Å². The third-order valence-corrected chi connectivity index (χ3v) is 4.04. The Kier molecular flexibility index (Phi) is 4.93. The Labute approximate surface area is 134 Å². The van der Waals surface area contributed by atoms with Gasteiger partial charge in [0.2, 0.25) is 0 Å². The molecule has 0 spiro atoms. The lowest BCUT2D eigenvalue weighted by Gasteiger charge is -2.15. The van der Waals surface area contributed by atoms with Gasteiger partial charge in [-0.1, -0.05) is 11.6 Å². The molecule has 1 aromatic rings. The summed E-state index contributed by atoms with van der Waals surface area (Å²) in [6.45, 7) is 3.79. The summed E-state index contributed by atoms with van der Waals surface area (Å²) >= 11 is 0. The van der Waals surface area contributed by atoms with E-state index in [9.17, 15) is 14.7 Å². The highest BCUT2D eigenvalue weighted by Crippen LogP contribution is 2.41. The zero-order chi connectivity index (χ0) is 17.1. The van der Waals surface area contributed by atoms with Gasteiger partial charge in [0.15, 0.2) is 0 Å². The maximum Gasteiger partial charge on any atom is 0.342 e. The van der Waals surface area contributed by atoms with Crippen molar-refractivity contribution >= 4 is 11.9 Å². The largest absolute Gasteiger partial charge is 0.507 e. The number of benzene rings is 1. The molecule has 0 saturated carbocycles. The first-order valence-electron chi connectivity index (χ1n) is 7.32. The molecule has 0 amide bonds. The molecule has 124 valence electrons. The number of fused-ring (bicyclic) bond motifs is 1. The molecule has 0 aliphatic carbocycles. The van der Waals surface area contributed by atoms with Crippen molar-refractivity contribution in [3.63, 3.8) is 0 Å². The summed E-state index contributed by atoms with van der Waals surface area (Å²) in [6.07, 6.45) is 2.68. The monoisotopic (exact) mass is 337 g/mol. The average Bonchev–Trinajstić information content (AvgIpc) is 2.89. The quantitative estimate of drug-likeness (QED) is 0.471. The van der Waals surface area contributed by atoms with Crippen molar-refractivity contribution in [2.24, 2.45) is 0 Å². The number of carbonyl (C=O) groups is 2. The van der Waals surface area contributed by atoms with Gasteiger partial charge in [-0.2, -0.15) is 0 Å². The number of carboxylic acid groups (broad SMARTS) is 1. The molecule has 1 aliphatic rings. The summed E-state index contributed by atoms with van der Waals surface area (Å²) in [5.74, 6) is -0.973. The van der Waals surface area contributed by atoms with Gasteiger partial charge >= 0.3 is 11.9 Å². The number of ether oxygens (including phenoxy) is 2. The topological polar surface area (TPSA) is 93.1 Å². The number of hydrogen-bond acceptors (Lipinski definition) is 5. The van der Waals surface area contributed by atoms with Crippen LogP contribution in [0.4, 0.5) is 0 Å². The second kappa shape index (κ2) is 6.73. The smallest absolute Gasteiger partial charge is 0.342 e. The van der Waals surface area contributed by atoms with Crippen LogP contribution in [-0.4, -0.2) is 29.3 Å². The molecule has 2 rings (SSSR count). The Morgan fingerprint density at radius 2 is 2.09 bits per heavy atom. The van der Waals surface area contributed by atoms with E-state index in [0.29, 0.717) is 29.7 Å². The number of phenols is 1. The van der Waals surface area contributed by atoms with Gasteiger partial charge in [0.25, 0.3) is 0 Å². The summed E-state index contributed by atoms with van der Waals surface area (Å²) in [7, 11) is 1.51. The lowest BCUT2D eigenvalue weighted by atomic mass is 10.9. The Balaban J connectivity index is 2.37. The van der Waals surface area contributed by atoms with Crippen LogP contribution in [0.3, 0.4) is 0 Å². The second-order valence-corrected chi connectivity index (χ2v) is 5.56. The van der Waals surface area contributed by atoms with Gasteiger partial charge < -0.3 is 19.7 Å². The van der Waals surface area contributed by atoms with Gasteiger partial charge in [0.05, 0.1) is 7.11 Å². The van der Waals surface area contributed by atoms with Crippen LogP contribution in [-0.2, 0) is 22.6 Å². The average molecular weight is 337 g/mol. The van der Waals surface area contributed by atoms with Crippen molar-refractivity contribution < 1.29 is 29.3 Å². The number of carbonyl (C=O) groups excluding carboxylic acids is 1. The highest BCUT2D eigenvalue weighted by Gasteiger charge is 2.31. The SMILES string of the molecule is [13CH3]O[13c]1[13c]([13CH3])[13c]2[13c]([13c](O)[13c]1[13CH2][13CH]=[13C]([13CH3])[13CH2][13CH2][13C](=O)O)[13C](=O)O[13CH2]2. The maximum atomic E-state index is 11.8. The highest BCUT2D eigenvalue weighted by molar-refractivity contribution is 5.98. The zero-order valence-corrected chi connectivity index (χ0v) is 13.4. The number of rotatable bonds is 6. The Bertz CT molecular complexity index is 687. The van der Waals surface area contributed by atoms with Crippen molar-refractivity contribution in [2.75, 3.05) is 7.11 Å². The third-order valence-electron chi connectivity index (χ3n) is 4.04. The van der Waals surface area contributed by atoms with E-state index in [2.05, 4.69) is 0 Å². The molecule has 6 nitrogen and oxygen atoms in total. The molecule has 0 aromatic heterocycles. The van der Waals surface area contributed by atoms with Crippen molar-refractivity contribution in [1.82, 2.24) is 0 Å². The fourth-order valence-corrected chi connectivity index (χ4v) is 2.71. The predicted octanol–water partition coefficient (Wildman–Crippen LogP) is 2.73. The molecule has 0 saturated heterocycles. The molecular formula is C17H20O6. The number of carboxylic acids is 1. The first-order chi connectivity index (χ1) is 10.9. The Morgan fingerprint density at radius 3 is 2.70 bits per heavy atom. The van der Waals surface area contributed by atoms with E-state index >= 15 is 0 Å². The number of aromatic hydroxyl groups is 1. The maximum absolute atomic E-state index is 11.8. The van der Waals surface area contributed by atoms with Crippen molar-refractivity contribution in [3.05, 3.63) is 33.9 Å². The van der Waals surface area contributed by atoms with Crippen LogP contribution in [0.5, 0.6) is 11.5 Å². The summed E-state index contributed by atoms with van der Waals surface area (Å²) in [5.41, 5.74) is 3.04. The van der Waals surface area contributed by atoms with Gasteiger partial charge in [0, 0.05) is 17.5 Å². The molecule has 1 aliphatic heterocycles. The van der Waals surface area contributed by atoms with Crippen LogP contribution in [0.15, 0.2) is 11.6 Å². The summed E-state index contributed by atoms with van der Waals surface area (Å²) in [4.78, 5) is 22.4. The number of esters is 1. The van der Waals surface area contributed by atoms with Crippen LogP contribution in [0.1, 0.15) is 46.8 Å². The number of phenolic OH excluding ortho intramolecular Hbond substituents is 1. The van der Waals surface area contributed by atoms with E-state index in [4.69, 9.17) is 14.6 Å². The molecule has 1 aromatic carbocycles. The first kappa shape index (κ1) is 16.9. The fraction of sp³-hybridized carbons (Fsp3) is 0.412. The Morgan fingerprint density at radius 1 is 1.39 bits per heavy atom. The van der Waals surface area contributed by atoms with E-state index in [0.717, 1.165) is 11.1 Å². The summed E-state index contributed by atoms with van der Waals surface area (Å²) in [6, 6.07) is 0. The van der Waals surface area contributed by atoms with E-state index in [-0.39, 0.29) is 24.3 Å². The molecule has 1 heterocycles. The number of methoxy groups -OCH3 is 1. The fourth-order valence-electron chi connectivity index (χ4n) is 2.71. The lowest BCUT2D eigenvalue weighted by Crippen LogP contribution is -2.03. The molecule has 0 fully saturated rings. The zero-order valence-electron chi connectivity index (χ0n) is 13.4. The molecule has 0 unspecified atom stereocenters. The number of cyclic esters (lactones) is 1. The minimum absolute atomic E-state index is 0.0565. The van der Waals surface area contributed by atoms with Crippen LogP contribution < -0.4 is 4.74 Å². The van der Waals surface area contributed by atoms with Gasteiger partial charge in [0.1, 0.15) is 23.7 Å². The van der Waals surface area contributed by atoms with Crippen LogP contribution in [0, 0.1) is 6.92 Å². The minimum Gasteiger partial charge on any atom is -0.507 e. The highest BCUT2D eigenvalue weighted by atomic mass is 16.7. The normalized spacial score (nSPS) is 13.7. The van der Waals surface area contributed by atoms with Gasteiger partial charge in [-0.05, 0) is 32.3 Å². The molecule has 0 bridgehead atoms. The minimum atomic E-state index is -0.853. The van der Waals surface area contributed by atoms with E-state index in [1.807, 2.05) is 19.9 Å². The number of hydrogen-bond donors (Lipinski definition) is 2. The molecule has 2 N–H and O–H groups in total. The molecule has 0 radical (unpaired) electrons. The Hall–Kier alpha value is -2.50. The molecule has 6 heteroatoms. The third kappa shape index (κ3) is 3.31. The first-order valence-corrected chi connectivity index (χ1v) is 7.32. The predicted molar refractivity (Wildman–Crippen MR) is 82.8 cm³/mol. The molecule has 23 heavy (non-hydrogen) atoms. The molecular weight excluding hydrogens is 317 g/mol. The van der Waals surface area contributed by atoms with Crippen molar-refractivity contribution in [2.45, 2.75) is 39.7 Å². The van der Waals surface area contributed by atoms with Crippen LogP contribution >= 0.6 is 0 Å². The lowest BCUT2D eigenvalue weighted by molar-refractivity contribution is -0.136. The number of aliphatic carboxylic acids is 1. The standard InChI is InChI=1S/C17H20O6/c1-9(5-7-13(18)19)4-6-11-15(20)14-12(8-23-17(14)21)10(2)16(11)22-3/h4,20H,5-8H2,1-3H3,(H,18,19)/i1+1,2+1,3+1,4+1,5+1,6+1,7+1,8+1,9+1,10+1,11+1,12+1,13+1,14+1,15+1,16+1,17+1. The summed E-state index contributed by atoms with van der Waals surface area (Å²) < 4.78 is 10.4. The molecule has 0 atom stereocenters. The van der Waals surface area contributed by atoms with Crippen LogP contribution in [0.2, 0.25) is 0 Å². The second-order valence-electron chi connectivity index (χ2n) is 5.56. The van der Waals surface area contributed by atoms with Crippen molar-refractivity contribution in [1.29, 1.82) is 0 Å². The van der Waals surface area contributed by atoms with Gasteiger partial charge in [-0.25, -0.2) is 4.79 Å². The van der Waals surface area contributed by atoms with Gasteiger partial charge in [-0.3, -0.25) is 4.79 Å². The van der Waals surface area contributed by atoms with Crippen LogP contribution in [0.25, 0.3) is 0 Å². The summed E-state index contributed by atoms with van der Waals surface area (Å²) in [5, 5.41) is 19.1.